The number of ether oxygens (including phenoxy) is 1. The van der Waals surface area contributed by atoms with Gasteiger partial charge >= 0.3 is 5.97 Å². The minimum absolute atomic E-state index is 0.332. The molecule has 0 atom stereocenters. The molecule has 112 valence electrons. The lowest BCUT2D eigenvalue weighted by molar-refractivity contribution is 0.0521. The van der Waals surface area contributed by atoms with Crippen LogP contribution in [-0.2, 0) is 4.74 Å². The van der Waals surface area contributed by atoms with Crippen molar-refractivity contribution in [2.45, 2.75) is 20.8 Å². The highest BCUT2D eigenvalue weighted by Crippen LogP contribution is 2.27. The summed E-state index contributed by atoms with van der Waals surface area (Å²) in [7, 11) is 0. The number of nitrogens with zero attached hydrogens (tertiary/aromatic N) is 2. The highest BCUT2D eigenvalue weighted by atomic mass is 16.5. The average Bonchev–Trinajstić information content (AvgIpc) is 2.88. The van der Waals surface area contributed by atoms with E-state index >= 15 is 0 Å². The van der Waals surface area contributed by atoms with Crippen molar-refractivity contribution in [3.05, 3.63) is 59.4 Å². The quantitative estimate of drug-likeness (QED) is 0.690. The summed E-state index contributed by atoms with van der Waals surface area (Å²) in [5, 5.41) is 0. The second kappa shape index (κ2) is 5.64. The normalized spacial score (nSPS) is 10.9. The predicted molar refractivity (Wildman–Crippen MR) is 86.1 cm³/mol. The first kappa shape index (κ1) is 14.3. The van der Waals surface area contributed by atoms with Crippen LogP contribution in [-0.4, -0.2) is 22.0 Å². The predicted octanol–water partition coefficient (Wildman–Crippen LogP) is 3.79. The molecule has 0 fully saturated rings. The monoisotopic (exact) mass is 294 g/mol. The molecule has 0 amide bonds. The molecular formula is C18H18N2O2. The third-order valence-electron chi connectivity index (χ3n) is 3.60. The fourth-order valence-corrected chi connectivity index (χ4v) is 2.65. The Kier molecular flexibility index (Phi) is 3.67. The van der Waals surface area contributed by atoms with Crippen LogP contribution in [0.15, 0.2) is 42.5 Å². The van der Waals surface area contributed by atoms with Gasteiger partial charge in [-0.1, -0.05) is 29.8 Å². The summed E-state index contributed by atoms with van der Waals surface area (Å²) in [6, 6.07) is 13.9. The molecule has 0 N–H and O–H groups in total. The molecule has 0 aliphatic heterocycles. The summed E-state index contributed by atoms with van der Waals surface area (Å²) >= 11 is 0. The van der Waals surface area contributed by atoms with Crippen LogP contribution in [0.25, 0.3) is 16.9 Å². The van der Waals surface area contributed by atoms with E-state index in [-0.39, 0.29) is 5.97 Å². The molecule has 0 radical (unpaired) electrons. The van der Waals surface area contributed by atoms with E-state index in [1.807, 2.05) is 54.6 Å². The smallest absolute Gasteiger partial charge is 0.359 e. The van der Waals surface area contributed by atoms with E-state index in [1.165, 1.54) is 0 Å². The number of hydrogen-bond donors (Lipinski definition) is 0. The molecule has 0 aliphatic rings. The topological polar surface area (TPSA) is 43.6 Å². The first-order valence-corrected chi connectivity index (χ1v) is 7.34. The molecule has 2 heterocycles. The average molecular weight is 294 g/mol. The van der Waals surface area contributed by atoms with E-state index in [1.54, 1.807) is 6.92 Å². The molecular weight excluding hydrogens is 276 g/mol. The first-order chi connectivity index (χ1) is 10.6. The molecule has 0 saturated heterocycles. The zero-order valence-electron chi connectivity index (χ0n) is 13.0. The number of fused-ring (bicyclic) bond motifs is 1. The number of carbonyl (C=O) groups excluding carboxylic acids is 1. The van der Waals surface area contributed by atoms with Gasteiger partial charge in [-0.3, -0.25) is 4.40 Å². The summed E-state index contributed by atoms with van der Waals surface area (Å²) in [5.41, 5.74) is 5.02. The number of rotatable bonds is 3. The molecule has 22 heavy (non-hydrogen) atoms. The zero-order chi connectivity index (χ0) is 15.7. The van der Waals surface area contributed by atoms with E-state index in [4.69, 9.17) is 4.74 Å². The minimum atomic E-state index is -0.387. The maximum atomic E-state index is 12.3. The molecule has 2 aromatic heterocycles. The van der Waals surface area contributed by atoms with Crippen molar-refractivity contribution in [1.82, 2.24) is 9.38 Å². The Hall–Kier alpha value is -2.62. The Morgan fingerprint density at radius 2 is 1.95 bits per heavy atom. The highest BCUT2D eigenvalue weighted by Gasteiger charge is 2.22. The van der Waals surface area contributed by atoms with Gasteiger partial charge in [-0.2, -0.15) is 0 Å². The van der Waals surface area contributed by atoms with Gasteiger partial charge in [0.2, 0.25) is 0 Å². The number of esters is 1. The third-order valence-corrected chi connectivity index (χ3v) is 3.60. The summed E-state index contributed by atoms with van der Waals surface area (Å²) < 4.78 is 7.18. The molecule has 0 unspecified atom stereocenters. The van der Waals surface area contributed by atoms with Gasteiger partial charge in [0.1, 0.15) is 5.65 Å². The number of imidazole rings is 1. The minimum Gasteiger partial charge on any atom is -0.461 e. The summed E-state index contributed by atoms with van der Waals surface area (Å²) in [6.45, 7) is 6.16. The fourth-order valence-electron chi connectivity index (χ4n) is 2.65. The Morgan fingerprint density at radius 1 is 1.18 bits per heavy atom. The SMILES string of the molecule is CCOC(=O)c1nc2cccc(C)n2c1-c1cccc(C)c1. The van der Waals surface area contributed by atoms with Crippen molar-refractivity contribution in [3.8, 4) is 11.3 Å². The van der Waals surface area contributed by atoms with Gasteiger partial charge in [-0.25, -0.2) is 9.78 Å². The van der Waals surface area contributed by atoms with E-state index in [0.717, 1.165) is 28.2 Å². The van der Waals surface area contributed by atoms with Gasteiger partial charge in [-0.15, -0.1) is 0 Å². The highest BCUT2D eigenvalue weighted by molar-refractivity contribution is 5.96. The Morgan fingerprint density at radius 3 is 2.68 bits per heavy atom. The lowest BCUT2D eigenvalue weighted by Crippen LogP contribution is -2.07. The van der Waals surface area contributed by atoms with Crippen molar-refractivity contribution in [2.24, 2.45) is 0 Å². The molecule has 1 aromatic carbocycles. The van der Waals surface area contributed by atoms with Crippen molar-refractivity contribution in [2.75, 3.05) is 6.61 Å². The van der Waals surface area contributed by atoms with Gasteiger partial charge in [0.05, 0.1) is 12.3 Å². The molecule has 0 spiro atoms. The van der Waals surface area contributed by atoms with Gasteiger partial charge < -0.3 is 4.74 Å². The van der Waals surface area contributed by atoms with Crippen LogP contribution in [0.4, 0.5) is 0 Å². The zero-order valence-corrected chi connectivity index (χ0v) is 13.0. The van der Waals surface area contributed by atoms with E-state index in [0.29, 0.717) is 12.3 Å². The molecule has 4 heteroatoms. The maximum Gasteiger partial charge on any atom is 0.359 e. The molecule has 0 aliphatic carbocycles. The van der Waals surface area contributed by atoms with Crippen LogP contribution in [0.2, 0.25) is 0 Å². The second-order valence-corrected chi connectivity index (χ2v) is 5.26. The molecule has 3 rings (SSSR count). The van der Waals surface area contributed by atoms with Crippen molar-refractivity contribution in [3.63, 3.8) is 0 Å². The van der Waals surface area contributed by atoms with Crippen LogP contribution in [0.1, 0.15) is 28.7 Å². The van der Waals surface area contributed by atoms with Gasteiger partial charge in [0, 0.05) is 11.3 Å². The molecule has 0 saturated carbocycles. The van der Waals surface area contributed by atoms with Gasteiger partial charge in [0.25, 0.3) is 0 Å². The van der Waals surface area contributed by atoms with Crippen molar-refractivity contribution >= 4 is 11.6 Å². The Balaban J connectivity index is 2.33. The lowest BCUT2D eigenvalue weighted by atomic mass is 10.1. The number of carbonyl (C=O) groups is 1. The summed E-state index contributed by atoms with van der Waals surface area (Å²) in [4.78, 5) is 16.8. The standard InChI is InChI=1S/C18H18N2O2/c1-4-22-18(21)16-17(14-9-5-7-12(2)11-14)20-13(3)8-6-10-15(20)19-16/h5-11H,4H2,1-3H3. The van der Waals surface area contributed by atoms with E-state index < -0.39 is 0 Å². The first-order valence-electron chi connectivity index (χ1n) is 7.34. The molecule has 0 bridgehead atoms. The Labute approximate surface area is 129 Å². The van der Waals surface area contributed by atoms with E-state index in [9.17, 15) is 4.79 Å². The maximum absolute atomic E-state index is 12.3. The number of aromatic nitrogens is 2. The number of benzene rings is 1. The van der Waals surface area contributed by atoms with Crippen molar-refractivity contribution < 1.29 is 9.53 Å². The van der Waals surface area contributed by atoms with Crippen molar-refractivity contribution in [1.29, 1.82) is 0 Å². The van der Waals surface area contributed by atoms with Crippen LogP contribution in [0.5, 0.6) is 0 Å². The fraction of sp³-hybridized carbons (Fsp3) is 0.222. The van der Waals surface area contributed by atoms with Crippen LogP contribution < -0.4 is 0 Å². The number of pyridine rings is 1. The lowest BCUT2D eigenvalue weighted by Gasteiger charge is -2.08. The van der Waals surface area contributed by atoms with Gasteiger partial charge in [-0.05, 0) is 39.0 Å². The van der Waals surface area contributed by atoms with Crippen LogP contribution in [0, 0.1) is 13.8 Å². The number of hydrogen-bond acceptors (Lipinski definition) is 3. The van der Waals surface area contributed by atoms with Crippen LogP contribution >= 0.6 is 0 Å². The largest absolute Gasteiger partial charge is 0.461 e. The van der Waals surface area contributed by atoms with E-state index in [2.05, 4.69) is 11.1 Å². The summed E-state index contributed by atoms with van der Waals surface area (Å²) in [5.74, 6) is -0.387. The third kappa shape index (κ3) is 2.37. The second-order valence-electron chi connectivity index (χ2n) is 5.26. The molecule has 3 aromatic rings. The Bertz CT molecular complexity index is 849. The summed E-state index contributed by atoms with van der Waals surface area (Å²) in [6.07, 6.45) is 0. The van der Waals surface area contributed by atoms with Gasteiger partial charge in [0.15, 0.2) is 5.69 Å². The molecule has 4 nitrogen and oxygen atoms in total. The number of aryl methyl sites for hydroxylation is 2. The van der Waals surface area contributed by atoms with Crippen LogP contribution in [0.3, 0.4) is 0 Å².